The molecule has 2 atom stereocenters. The van der Waals surface area contributed by atoms with Crippen LogP contribution in [0.15, 0.2) is 0 Å². The van der Waals surface area contributed by atoms with E-state index in [0.717, 1.165) is 48.3 Å². The zero-order valence-electron chi connectivity index (χ0n) is 18.8. The highest BCUT2D eigenvalue weighted by atomic mass is 14.4. The van der Waals surface area contributed by atoms with E-state index in [4.69, 9.17) is 5.26 Å². The first-order valence-electron chi connectivity index (χ1n) is 13.2. The Bertz CT molecular complexity index is 447. The fraction of sp³-hybridized carbons (Fsp3) is 0.963. The van der Waals surface area contributed by atoms with Gasteiger partial charge >= 0.3 is 0 Å². The Morgan fingerprint density at radius 3 is 1.93 bits per heavy atom. The van der Waals surface area contributed by atoms with E-state index in [-0.39, 0.29) is 0 Å². The molecule has 3 fully saturated rings. The summed E-state index contributed by atoms with van der Waals surface area (Å²) in [5, 5.41) is 8.68. The number of rotatable bonds is 9. The molecule has 2 unspecified atom stereocenters. The highest BCUT2D eigenvalue weighted by Gasteiger charge is 2.34. The number of nitriles is 1. The van der Waals surface area contributed by atoms with Crippen molar-refractivity contribution in [3.05, 3.63) is 0 Å². The van der Waals surface area contributed by atoms with Crippen LogP contribution in [0.2, 0.25) is 0 Å². The van der Waals surface area contributed by atoms with Gasteiger partial charge in [-0.15, -0.1) is 0 Å². The molecule has 0 radical (unpaired) electrons. The Kier molecular flexibility index (Phi) is 9.70. The van der Waals surface area contributed by atoms with Crippen molar-refractivity contribution in [3.63, 3.8) is 0 Å². The van der Waals surface area contributed by atoms with E-state index < -0.39 is 0 Å². The molecule has 0 N–H and O–H groups in total. The summed E-state index contributed by atoms with van der Waals surface area (Å²) in [6.07, 6.45) is 27.3. The van der Waals surface area contributed by atoms with E-state index in [1.165, 1.54) is 70.6 Å². The molecular formula is C27H47N. The molecule has 160 valence electrons. The van der Waals surface area contributed by atoms with Crippen molar-refractivity contribution in [3.8, 4) is 6.07 Å². The number of unbranched alkanes of at least 4 members (excludes halogenated alkanes) is 3. The summed E-state index contributed by atoms with van der Waals surface area (Å²) in [6, 6.07) is 2.29. The lowest BCUT2D eigenvalue weighted by atomic mass is 9.64. The third kappa shape index (κ3) is 6.78. The highest BCUT2D eigenvalue weighted by Crippen LogP contribution is 2.46. The molecule has 0 aliphatic heterocycles. The van der Waals surface area contributed by atoms with Gasteiger partial charge in [-0.2, -0.15) is 5.26 Å². The van der Waals surface area contributed by atoms with Crippen LogP contribution in [-0.4, -0.2) is 0 Å². The predicted molar refractivity (Wildman–Crippen MR) is 120 cm³/mol. The highest BCUT2D eigenvalue weighted by molar-refractivity contribution is 4.86. The van der Waals surface area contributed by atoms with Crippen molar-refractivity contribution in [2.75, 3.05) is 0 Å². The van der Waals surface area contributed by atoms with Crippen LogP contribution in [0.25, 0.3) is 0 Å². The van der Waals surface area contributed by atoms with Gasteiger partial charge < -0.3 is 0 Å². The Morgan fingerprint density at radius 1 is 0.643 bits per heavy atom. The Morgan fingerprint density at radius 2 is 1.29 bits per heavy atom. The molecule has 3 aliphatic carbocycles. The minimum Gasteiger partial charge on any atom is -0.198 e. The van der Waals surface area contributed by atoms with Crippen LogP contribution in [-0.2, 0) is 0 Å². The topological polar surface area (TPSA) is 23.8 Å². The van der Waals surface area contributed by atoms with Crippen molar-refractivity contribution in [1.82, 2.24) is 0 Å². The molecule has 0 aromatic carbocycles. The van der Waals surface area contributed by atoms with Gasteiger partial charge in [0.2, 0.25) is 0 Å². The van der Waals surface area contributed by atoms with Crippen LogP contribution in [0, 0.1) is 46.8 Å². The monoisotopic (exact) mass is 385 g/mol. The van der Waals surface area contributed by atoms with E-state index in [2.05, 4.69) is 13.0 Å². The quantitative estimate of drug-likeness (QED) is 0.364. The molecule has 0 aromatic rings. The van der Waals surface area contributed by atoms with Gasteiger partial charge in [-0.05, 0) is 86.9 Å². The number of nitrogens with zero attached hydrogens (tertiary/aromatic N) is 1. The summed E-state index contributed by atoms with van der Waals surface area (Å²) in [5.74, 6) is 6.36. The van der Waals surface area contributed by atoms with E-state index in [1.54, 1.807) is 38.5 Å². The van der Waals surface area contributed by atoms with E-state index in [1.807, 2.05) is 0 Å². The smallest absolute Gasteiger partial charge is 0.0621 e. The summed E-state index contributed by atoms with van der Waals surface area (Å²) in [7, 11) is 0. The van der Waals surface area contributed by atoms with Crippen molar-refractivity contribution in [2.24, 2.45) is 35.5 Å². The third-order valence-corrected chi connectivity index (χ3v) is 8.96. The molecular weight excluding hydrogens is 338 g/mol. The van der Waals surface area contributed by atoms with Crippen LogP contribution in [0.1, 0.15) is 129 Å². The SMILES string of the molecule is CCCC1CCC(C2CCC(C3CCCC(CCCCCC#N)C3)CC2)CC1. The summed E-state index contributed by atoms with van der Waals surface area (Å²) in [6.45, 7) is 2.36. The van der Waals surface area contributed by atoms with Gasteiger partial charge in [0, 0.05) is 6.42 Å². The average molecular weight is 386 g/mol. The summed E-state index contributed by atoms with van der Waals surface area (Å²) in [5.41, 5.74) is 0. The summed E-state index contributed by atoms with van der Waals surface area (Å²) < 4.78 is 0. The first-order valence-corrected chi connectivity index (χ1v) is 13.2. The molecule has 3 rings (SSSR count). The summed E-state index contributed by atoms with van der Waals surface area (Å²) >= 11 is 0. The van der Waals surface area contributed by atoms with Crippen molar-refractivity contribution < 1.29 is 0 Å². The standard InChI is InChI=1S/C27H47N/c1-2-8-22-12-14-24(15-13-22)25-16-18-26(19-17-25)27-11-7-10-23(21-27)9-5-3-4-6-20-28/h22-27H,2-19,21H2,1H3. The second kappa shape index (κ2) is 12.2. The van der Waals surface area contributed by atoms with Crippen molar-refractivity contribution >= 4 is 0 Å². The zero-order chi connectivity index (χ0) is 19.6. The van der Waals surface area contributed by atoms with Crippen LogP contribution in [0.5, 0.6) is 0 Å². The Hall–Kier alpha value is -0.510. The fourth-order valence-electron chi connectivity index (χ4n) is 7.28. The van der Waals surface area contributed by atoms with Crippen molar-refractivity contribution in [1.29, 1.82) is 5.26 Å². The van der Waals surface area contributed by atoms with Gasteiger partial charge in [-0.3, -0.25) is 0 Å². The molecule has 3 saturated carbocycles. The lowest BCUT2D eigenvalue weighted by Gasteiger charge is -2.41. The molecule has 0 saturated heterocycles. The van der Waals surface area contributed by atoms with Gasteiger partial charge in [-0.1, -0.05) is 71.1 Å². The van der Waals surface area contributed by atoms with Gasteiger partial charge in [0.1, 0.15) is 0 Å². The summed E-state index contributed by atoms with van der Waals surface area (Å²) in [4.78, 5) is 0. The van der Waals surface area contributed by atoms with Crippen LogP contribution in [0.3, 0.4) is 0 Å². The largest absolute Gasteiger partial charge is 0.198 e. The zero-order valence-corrected chi connectivity index (χ0v) is 18.8. The molecule has 28 heavy (non-hydrogen) atoms. The van der Waals surface area contributed by atoms with Gasteiger partial charge in [0.15, 0.2) is 0 Å². The average Bonchev–Trinajstić information content (AvgIpc) is 2.75. The molecule has 3 aliphatic rings. The third-order valence-electron chi connectivity index (χ3n) is 8.96. The molecule has 0 aromatic heterocycles. The van der Waals surface area contributed by atoms with E-state index in [9.17, 15) is 0 Å². The maximum atomic E-state index is 8.68. The van der Waals surface area contributed by atoms with Crippen molar-refractivity contribution in [2.45, 2.75) is 129 Å². The first-order chi connectivity index (χ1) is 13.8. The minimum absolute atomic E-state index is 0.761. The molecule has 1 nitrogen and oxygen atoms in total. The maximum Gasteiger partial charge on any atom is 0.0621 e. The molecule has 0 bridgehead atoms. The van der Waals surface area contributed by atoms with Gasteiger partial charge in [0.25, 0.3) is 0 Å². The van der Waals surface area contributed by atoms with Gasteiger partial charge in [0.05, 0.1) is 6.07 Å². The number of hydrogen-bond acceptors (Lipinski definition) is 1. The maximum absolute atomic E-state index is 8.68. The molecule has 0 amide bonds. The second-order valence-electron chi connectivity index (χ2n) is 10.8. The van der Waals surface area contributed by atoms with E-state index in [0.29, 0.717) is 0 Å². The first kappa shape index (κ1) is 22.2. The normalized spacial score (nSPS) is 36.7. The molecule has 1 heteroatoms. The molecule has 0 heterocycles. The van der Waals surface area contributed by atoms with Crippen LogP contribution < -0.4 is 0 Å². The number of hydrogen-bond donors (Lipinski definition) is 0. The fourth-order valence-corrected chi connectivity index (χ4v) is 7.28. The second-order valence-corrected chi connectivity index (χ2v) is 10.8. The lowest BCUT2D eigenvalue weighted by Crippen LogP contribution is -2.30. The Labute approximate surface area is 176 Å². The Balaban J connectivity index is 1.33. The lowest BCUT2D eigenvalue weighted by molar-refractivity contribution is 0.0982. The molecule has 0 spiro atoms. The van der Waals surface area contributed by atoms with Crippen LogP contribution in [0.4, 0.5) is 0 Å². The predicted octanol–water partition coefficient (Wildman–Crippen LogP) is 8.68. The minimum atomic E-state index is 0.761. The van der Waals surface area contributed by atoms with E-state index >= 15 is 0 Å². The van der Waals surface area contributed by atoms with Gasteiger partial charge in [-0.25, -0.2) is 0 Å². The van der Waals surface area contributed by atoms with Crippen LogP contribution >= 0.6 is 0 Å².